The molecule has 0 atom stereocenters. The van der Waals surface area contributed by atoms with Crippen LogP contribution in [0.5, 0.6) is 0 Å². The van der Waals surface area contributed by atoms with Crippen molar-refractivity contribution in [2.75, 3.05) is 68.9 Å². The van der Waals surface area contributed by atoms with Crippen molar-refractivity contribution in [3.63, 3.8) is 0 Å². The Labute approximate surface area is 202 Å². The van der Waals surface area contributed by atoms with E-state index in [2.05, 4.69) is 0 Å². The highest BCUT2D eigenvalue weighted by Crippen LogP contribution is 2.29. The number of hydrogen-bond acceptors (Lipinski definition) is 8. The first-order chi connectivity index (χ1) is 16.9. The number of nitro groups is 1. The minimum atomic E-state index is -0.582. The van der Waals surface area contributed by atoms with Crippen LogP contribution in [0.15, 0.2) is 36.4 Å². The van der Waals surface area contributed by atoms with Crippen LogP contribution < -0.4 is 9.80 Å². The monoisotopic (exact) mass is 486 g/mol. The van der Waals surface area contributed by atoms with Crippen molar-refractivity contribution >= 4 is 28.9 Å². The van der Waals surface area contributed by atoms with Gasteiger partial charge in [0.25, 0.3) is 11.6 Å². The predicted octanol–water partition coefficient (Wildman–Crippen LogP) is 2.71. The van der Waals surface area contributed by atoms with Crippen LogP contribution in [0.1, 0.15) is 27.6 Å². The molecule has 0 aromatic heterocycles. The lowest BCUT2D eigenvalue weighted by atomic mass is 10.1. The maximum absolute atomic E-state index is 14.7. The number of esters is 1. The molecule has 35 heavy (non-hydrogen) atoms. The van der Waals surface area contributed by atoms with E-state index in [0.29, 0.717) is 63.9 Å². The van der Waals surface area contributed by atoms with Crippen molar-refractivity contribution in [1.82, 2.24) is 4.90 Å². The number of halogens is 1. The summed E-state index contributed by atoms with van der Waals surface area (Å²) in [6.45, 7) is 5.50. The number of morpholine rings is 1. The Morgan fingerprint density at radius 1 is 1.00 bits per heavy atom. The molecule has 0 saturated carbocycles. The first-order valence-electron chi connectivity index (χ1n) is 11.5. The molecule has 0 aliphatic carbocycles. The number of amides is 1. The van der Waals surface area contributed by atoms with E-state index in [1.165, 1.54) is 24.3 Å². The third-order valence-corrected chi connectivity index (χ3v) is 6.14. The maximum atomic E-state index is 14.7. The second kappa shape index (κ2) is 10.7. The molecule has 2 heterocycles. The van der Waals surface area contributed by atoms with Crippen molar-refractivity contribution in [3.8, 4) is 0 Å². The average Bonchev–Trinajstić information content (AvgIpc) is 2.88. The van der Waals surface area contributed by atoms with Gasteiger partial charge >= 0.3 is 5.97 Å². The van der Waals surface area contributed by atoms with E-state index >= 15 is 0 Å². The van der Waals surface area contributed by atoms with Crippen molar-refractivity contribution in [2.45, 2.75) is 6.92 Å². The molecule has 4 rings (SSSR count). The zero-order valence-electron chi connectivity index (χ0n) is 19.4. The molecule has 2 aromatic carbocycles. The molecule has 11 heteroatoms. The van der Waals surface area contributed by atoms with Crippen LogP contribution in [-0.2, 0) is 9.47 Å². The summed E-state index contributed by atoms with van der Waals surface area (Å²) < 4.78 is 25.0. The van der Waals surface area contributed by atoms with E-state index in [0.717, 1.165) is 6.07 Å². The minimum Gasteiger partial charge on any atom is -0.462 e. The van der Waals surface area contributed by atoms with E-state index in [4.69, 9.17) is 9.47 Å². The van der Waals surface area contributed by atoms with E-state index in [1.54, 1.807) is 17.9 Å². The number of carbonyl (C=O) groups excluding carboxylic acids is 2. The minimum absolute atomic E-state index is 0.142. The van der Waals surface area contributed by atoms with Gasteiger partial charge in [-0.15, -0.1) is 0 Å². The second-order valence-electron chi connectivity index (χ2n) is 8.22. The molecule has 2 aliphatic rings. The van der Waals surface area contributed by atoms with Crippen molar-refractivity contribution < 1.29 is 28.4 Å². The Hall–Kier alpha value is -3.73. The molecule has 1 amide bonds. The normalized spacial score (nSPS) is 16.2. The smallest absolute Gasteiger partial charge is 0.338 e. The Morgan fingerprint density at radius 2 is 1.66 bits per heavy atom. The number of hydrogen-bond donors (Lipinski definition) is 0. The van der Waals surface area contributed by atoms with Gasteiger partial charge in [-0.2, -0.15) is 0 Å². The molecule has 186 valence electrons. The summed E-state index contributed by atoms with van der Waals surface area (Å²) >= 11 is 0. The lowest BCUT2D eigenvalue weighted by molar-refractivity contribution is -0.384. The Balaban J connectivity index is 1.49. The van der Waals surface area contributed by atoms with Crippen LogP contribution >= 0.6 is 0 Å². The molecule has 0 N–H and O–H groups in total. The predicted molar refractivity (Wildman–Crippen MR) is 127 cm³/mol. The molecule has 2 fully saturated rings. The first kappa shape index (κ1) is 24.4. The number of piperazine rings is 1. The fraction of sp³-hybridized carbons (Fsp3) is 0.417. The van der Waals surface area contributed by atoms with E-state index in [9.17, 15) is 24.1 Å². The Bertz CT molecular complexity index is 1110. The van der Waals surface area contributed by atoms with E-state index < -0.39 is 16.7 Å². The van der Waals surface area contributed by atoms with E-state index in [1.807, 2.05) is 9.80 Å². The SMILES string of the molecule is CCOC(=O)c1ccc(N2CCN(C(=O)c3cc([N+](=O)[O-])ccc3N3CCOCC3)CC2)c(F)c1. The summed E-state index contributed by atoms with van der Waals surface area (Å²) in [7, 11) is 0. The van der Waals surface area contributed by atoms with Gasteiger partial charge in [0.05, 0.1) is 47.2 Å². The van der Waals surface area contributed by atoms with Crippen molar-refractivity contribution in [1.29, 1.82) is 0 Å². The zero-order chi connectivity index (χ0) is 24.9. The number of anilines is 2. The van der Waals surface area contributed by atoms with Crippen LogP contribution in [0.25, 0.3) is 0 Å². The highest BCUT2D eigenvalue weighted by Gasteiger charge is 2.28. The largest absolute Gasteiger partial charge is 0.462 e. The molecular formula is C24H27FN4O6. The van der Waals surface area contributed by atoms with Crippen LogP contribution in [-0.4, -0.2) is 80.8 Å². The van der Waals surface area contributed by atoms with E-state index in [-0.39, 0.29) is 29.3 Å². The van der Waals surface area contributed by atoms with Gasteiger partial charge in [0, 0.05) is 51.4 Å². The quantitative estimate of drug-likeness (QED) is 0.349. The van der Waals surface area contributed by atoms with Crippen LogP contribution in [0.2, 0.25) is 0 Å². The summed E-state index contributed by atoms with van der Waals surface area (Å²) in [4.78, 5) is 41.5. The molecule has 2 saturated heterocycles. The summed E-state index contributed by atoms with van der Waals surface area (Å²) in [5.41, 5.74) is 1.26. The second-order valence-corrected chi connectivity index (χ2v) is 8.22. The van der Waals surface area contributed by atoms with Crippen LogP contribution in [0, 0.1) is 15.9 Å². The standard InChI is InChI=1S/C24H27FN4O6/c1-2-35-24(31)17-3-5-22(20(25)15-17)26-7-9-28(10-8-26)23(30)19-16-18(29(32)33)4-6-21(19)27-11-13-34-14-12-27/h3-6,15-16H,2,7-14H2,1H3. The summed E-state index contributed by atoms with van der Waals surface area (Å²) in [5.74, 6) is -1.42. The topological polar surface area (TPSA) is 105 Å². The van der Waals surface area contributed by atoms with Gasteiger partial charge < -0.3 is 24.2 Å². The third-order valence-electron chi connectivity index (χ3n) is 6.14. The average molecular weight is 487 g/mol. The third kappa shape index (κ3) is 5.35. The molecule has 2 aliphatic heterocycles. The van der Waals surface area contributed by atoms with Crippen molar-refractivity contribution in [2.24, 2.45) is 0 Å². The van der Waals surface area contributed by atoms with Crippen LogP contribution in [0.3, 0.4) is 0 Å². The fourth-order valence-corrected chi connectivity index (χ4v) is 4.31. The highest BCUT2D eigenvalue weighted by molar-refractivity contribution is 6.00. The summed E-state index contributed by atoms with van der Waals surface area (Å²) in [5, 5.41) is 11.3. The number of non-ortho nitro benzene ring substituents is 1. The molecule has 0 radical (unpaired) electrons. The lowest BCUT2D eigenvalue weighted by Crippen LogP contribution is -2.49. The highest BCUT2D eigenvalue weighted by atomic mass is 19.1. The zero-order valence-corrected chi connectivity index (χ0v) is 19.4. The number of carbonyl (C=O) groups is 2. The fourth-order valence-electron chi connectivity index (χ4n) is 4.31. The van der Waals surface area contributed by atoms with Gasteiger partial charge in [0.1, 0.15) is 5.82 Å². The van der Waals surface area contributed by atoms with Gasteiger partial charge in [-0.1, -0.05) is 0 Å². The maximum Gasteiger partial charge on any atom is 0.338 e. The lowest BCUT2D eigenvalue weighted by Gasteiger charge is -2.37. The van der Waals surface area contributed by atoms with Crippen molar-refractivity contribution in [3.05, 3.63) is 63.5 Å². The van der Waals surface area contributed by atoms with Gasteiger partial charge in [-0.25, -0.2) is 9.18 Å². The number of benzene rings is 2. The molecule has 0 spiro atoms. The Morgan fingerprint density at radius 3 is 2.29 bits per heavy atom. The van der Waals surface area contributed by atoms with Gasteiger partial charge in [0.15, 0.2) is 0 Å². The first-order valence-corrected chi connectivity index (χ1v) is 11.5. The molecule has 10 nitrogen and oxygen atoms in total. The summed E-state index contributed by atoms with van der Waals surface area (Å²) in [6, 6.07) is 8.56. The van der Waals surface area contributed by atoms with Crippen LogP contribution in [0.4, 0.5) is 21.5 Å². The van der Waals surface area contributed by atoms with Gasteiger partial charge in [0.2, 0.25) is 0 Å². The number of nitro benzene ring substituents is 1. The molecular weight excluding hydrogens is 459 g/mol. The summed E-state index contributed by atoms with van der Waals surface area (Å²) in [6.07, 6.45) is 0. The molecule has 2 aromatic rings. The molecule has 0 bridgehead atoms. The number of ether oxygens (including phenoxy) is 2. The Kier molecular flexibility index (Phi) is 7.45. The number of nitrogens with zero attached hydrogens (tertiary/aromatic N) is 4. The molecule has 0 unspecified atom stereocenters. The van der Waals surface area contributed by atoms with Gasteiger partial charge in [-0.3, -0.25) is 14.9 Å². The number of rotatable bonds is 6. The van der Waals surface area contributed by atoms with Gasteiger partial charge in [-0.05, 0) is 31.2 Å².